The molecule has 1 aromatic heterocycles. The highest BCUT2D eigenvalue weighted by atomic mass is 35.5. The van der Waals surface area contributed by atoms with Crippen LogP contribution in [0.25, 0.3) is 10.1 Å². The number of carbonyl (C=O) groups is 1. The number of fused-ring (bicyclic) bond motifs is 1. The first kappa shape index (κ1) is 26.5. The van der Waals surface area contributed by atoms with Gasteiger partial charge in [0.05, 0.1) is 32.8 Å². The van der Waals surface area contributed by atoms with Crippen LogP contribution in [-0.4, -0.2) is 26.6 Å². The zero-order valence-corrected chi connectivity index (χ0v) is 23.0. The third-order valence-corrected chi connectivity index (χ3v) is 8.83. The van der Waals surface area contributed by atoms with Gasteiger partial charge in [0, 0.05) is 21.5 Å². The summed E-state index contributed by atoms with van der Waals surface area (Å²) < 4.78 is 33.4. The lowest BCUT2D eigenvalue weighted by molar-refractivity contribution is 0.0606. The number of ether oxygens (including phenoxy) is 1. The predicted molar refractivity (Wildman–Crippen MR) is 152 cm³/mol. The fourth-order valence-corrected chi connectivity index (χ4v) is 6.20. The molecule has 0 saturated carbocycles. The molecule has 1 heterocycles. The van der Waals surface area contributed by atoms with Crippen molar-refractivity contribution >= 4 is 107 Å². The van der Waals surface area contributed by atoms with E-state index in [2.05, 4.69) is 15.4 Å². The average molecular weight is 601 g/mol. The Morgan fingerprint density at radius 1 is 0.889 bits per heavy atom. The number of benzene rings is 3. The van der Waals surface area contributed by atoms with Crippen molar-refractivity contribution in [3.8, 4) is 0 Å². The molecule has 3 aromatic carbocycles. The Morgan fingerprint density at radius 2 is 1.53 bits per heavy atom. The number of methoxy groups -OCH3 is 1. The zero-order valence-electron chi connectivity index (χ0n) is 18.3. The molecule has 13 heteroatoms. The normalized spacial score (nSPS) is 11.2. The maximum absolute atomic E-state index is 12.7. The van der Waals surface area contributed by atoms with Gasteiger partial charge in [0.25, 0.3) is 10.0 Å². The number of carbonyl (C=O) groups excluding carboxylic acids is 1. The van der Waals surface area contributed by atoms with Crippen molar-refractivity contribution in [2.24, 2.45) is 0 Å². The fraction of sp³-hybridized carbons (Fsp3) is 0.0435. The first-order valence-corrected chi connectivity index (χ1v) is 13.9. The van der Waals surface area contributed by atoms with E-state index in [1.54, 1.807) is 24.3 Å². The number of nitrogens with one attached hydrogen (secondary N) is 3. The van der Waals surface area contributed by atoms with E-state index in [4.69, 9.17) is 51.8 Å². The standard InChI is InChI=1S/C23H16Cl3N3O4S3/c1-33-22(30)21-20(26)16-8-4-13(11-19(16)35-21)28-23(34)27-12-2-6-15(7-3-12)36(31,32)29-14-5-9-17(24)18(25)10-14/h2-11,29H,1H3,(H2,27,28,34). The lowest BCUT2D eigenvalue weighted by Crippen LogP contribution is -2.19. The van der Waals surface area contributed by atoms with Gasteiger partial charge in [0.2, 0.25) is 0 Å². The van der Waals surface area contributed by atoms with Gasteiger partial charge in [-0.3, -0.25) is 4.72 Å². The average Bonchev–Trinajstić information content (AvgIpc) is 3.16. The second kappa shape index (κ2) is 10.8. The summed E-state index contributed by atoms with van der Waals surface area (Å²) >= 11 is 24.7. The highest BCUT2D eigenvalue weighted by Gasteiger charge is 2.18. The van der Waals surface area contributed by atoms with E-state index in [0.717, 1.165) is 10.1 Å². The molecular formula is C23H16Cl3N3O4S3. The Morgan fingerprint density at radius 3 is 2.19 bits per heavy atom. The van der Waals surface area contributed by atoms with Crippen molar-refractivity contribution in [1.82, 2.24) is 0 Å². The van der Waals surface area contributed by atoms with Gasteiger partial charge in [-0.05, 0) is 72.9 Å². The van der Waals surface area contributed by atoms with E-state index < -0.39 is 16.0 Å². The highest BCUT2D eigenvalue weighted by molar-refractivity contribution is 7.92. The molecule has 0 aliphatic heterocycles. The van der Waals surface area contributed by atoms with E-state index in [9.17, 15) is 13.2 Å². The van der Waals surface area contributed by atoms with Crippen molar-refractivity contribution in [3.63, 3.8) is 0 Å². The molecular weight excluding hydrogens is 585 g/mol. The molecule has 0 spiro atoms. The minimum Gasteiger partial charge on any atom is -0.465 e. The second-order valence-corrected chi connectivity index (χ2v) is 11.6. The summed E-state index contributed by atoms with van der Waals surface area (Å²) in [6.07, 6.45) is 0. The molecule has 0 fully saturated rings. The van der Waals surface area contributed by atoms with Gasteiger partial charge in [0.15, 0.2) is 5.11 Å². The molecule has 0 aliphatic rings. The summed E-state index contributed by atoms with van der Waals surface area (Å²) in [7, 11) is -2.54. The molecule has 186 valence electrons. The number of sulfonamides is 1. The Labute approximate surface area is 231 Å². The molecule has 0 aliphatic carbocycles. The minimum absolute atomic E-state index is 0.0550. The lowest BCUT2D eigenvalue weighted by Gasteiger charge is -2.12. The fourth-order valence-electron chi connectivity index (χ4n) is 3.15. The quantitative estimate of drug-likeness (QED) is 0.158. The number of hydrogen-bond acceptors (Lipinski definition) is 6. The number of esters is 1. The summed E-state index contributed by atoms with van der Waals surface area (Å²) in [6, 6.07) is 15.9. The summed E-state index contributed by atoms with van der Waals surface area (Å²) in [5.41, 5.74) is 1.55. The second-order valence-electron chi connectivity index (χ2n) is 7.29. The van der Waals surface area contributed by atoms with Crippen LogP contribution in [0.15, 0.2) is 65.6 Å². The van der Waals surface area contributed by atoms with Crippen LogP contribution in [0.5, 0.6) is 0 Å². The van der Waals surface area contributed by atoms with Gasteiger partial charge in [-0.2, -0.15) is 0 Å². The number of thiocarbonyl (C=S) groups is 1. The Kier molecular flexibility index (Phi) is 7.93. The van der Waals surface area contributed by atoms with E-state index in [1.165, 1.54) is 48.8 Å². The molecule has 0 bridgehead atoms. The maximum atomic E-state index is 12.7. The molecule has 4 rings (SSSR count). The third kappa shape index (κ3) is 5.86. The molecule has 0 radical (unpaired) electrons. The first-order valence-electron chi connectivity index (χ1n) is 10.0. The summed E-state index contributed by atoms with van der Waals surface area (Å²) in [5, 5.41) is 7.98. The summed E-state index contributed by atoms with van der Waals surface area (Å²) in [4.78, 5) is 12.3. The molecule has 0 unspecified atom stereocenters. The Hall–Kier alpha value is -2.60. The molecule has 0 saturated heterocycles. The van der Waals surface area contributed by atoms with Gasteiger partial charge in [-0.15, -0.1) is 11.3 Å². The number of hydrogen-bond donors (Lipinski definition) is 3. The lowest BCUT2D eigenvalue weighted by atomic mass is 10.2. The smallest absolute Gasteiger partial charge is 0.349 e. The van der Waals surface area contributed by atoms with E-state index in [-0.39, 0.29) is 15.0 Å². The number of rotatable bonds is 6. The van der Waals surface area contributed by atoms with Gasteiger partial charge in [-0.1, -0.05) is 34.8 Å². The van der Waals surface area contributed by atoms with Gasteiger partial charge >= 0.3 is 5.97 Å². The zero-order chi connectivity index (χ0) is 26.0. The van der Waals surface area contributed by atoms with Crippen molar-refractivity contribution in [2.45, 2.75) is 4.90 Å². The van der Waals surface area contributed by atoms with Crippen LogP contribution in [0.1, 0.15) is 9.67 Å². The van der Waals surface area contributed by atoms with E-state index >= 15 is 0 Å². The van der Waals surface area contributed by atoms with Crippen molar-refractivity contribution < 1.29 is 17.9 Å². The van der Waals surface area contributed by atoms with Crippen molar-refractivity contribution in [1.29, 1.82) is 0 Å². The molecule has 4 aromatic rings. The summed E-state index contributed by atoms with van der Waals surface area (Å²) in [5.74, 6) is -0.495. The number of anilines is 3. The largest absolute Gasteiger partial charge is 0.465 e. The van der Waals surface area contributed by atoms with Crippen LogP contribution in [0.4, 0.5) is 17.1 Å². The van der Waals surface area contributed by atoms with Crippen LogP contribution in [0, 0.1) is 0 Å². The third-order valence-electron chi connectivity index (χ3n) is 4.85. The summed E-state index contributed by atoms with van der Waals surface area (Å²) in [6.45, 7) is 0. The van der Waals surface area contributed by atoms with Gasteiger partial charge in [-0.25, -0.2) is 13.2 Å². The SMILES string of the molecule is COC(=O)c1sc2cc(NC(=S)Nc3ccc(S(=O)(=O)Nc4ccc(Cl)c(Cl)c4)cc3)ccc2c1Cl. The van der Waals surface area contributed by atoms with E-state index in [0.29, 0.717) is 32.0 Å². The molecule has 7 nitrogen and oxygen atoms in total. The predicted octanol–water partition coefficient (Wildman–Crippen LogP) is 7.26. The number of halogens is 3. The van der Waals surface area contributed by atoms with Crippen LogP contribution < -0.4 is 15.4 Å². The van der Waals surface area contributed by atoms with Crippen LogP contribution >= 0.6 is 58.4 Å². The van der Waals surface area contributed by atoms with Crippen LogP contribution in [0.3, 0.4) is 0 Å². The first-order chi connectivity index (χ1) is 17.1. The molecule has 0 amide bonds. The number of thiophene rings is 1. The molecule has 36 heavy (non-hydrogen) atoms. The van der Waals surface area contributed by atoms with Crippen molar-refractivity contribution in [2.75, 3.05) is 22.5 Å². The van der Waals surface area contributed by atoms with Crippen LogP contribution in [0.2, 0.25) is 15.1 Å². The molecule has 3 N–H and O–H groups in total. The van der Waals surface area contributed by atoms with E-state index in [1.807, 2.05) is 6.07 Å². The van der Waals surface area contributed by atoms with Crippen molar-refractivity contribution in [3.05, 3.63) is 80.6 Å². The van der Waals surface area contributed by atoms with Gasteiger partial charge in [0.1, 0.15) is 4.88 Å². The highest BCUT2D eigenvalue weighted by Crippen LogP contribution is 2.37. The topological polar surface area (TPSA) is 96.5 Å². The monoisotopic (exact) mass is 599 g/mol. The minimum atomic E-state index is -3.84. The maximum Gasteiger partial charge on any atom is 0.349 e. The van der Waals surface area contributed by atoms with Crippen LogP contribution in [-0.2, 0) is 14.8 Å². The van der Waals surface area contributed by atoms with Gasteiger partial charge < -0.3 is 15.4 Å². The Bertz CT molecular complexity index is 1590. The Balaban J connectivity index is 1.43. The molecule has 0 atom stereocenters.